The minimum atomic E-state index is -3.57. The van der Waals surface area contributed by atoms with Gasteiger partial charge in [-0.15, -0.1) is 0 Å². The lowest BCUT2D eigenvalue weighted by molar-refractivity contribution is -0.118. The highest BCUT2D eigenvalue weighted by Gasteiger charge is 2.14. The van der Waals surface area contributed by atoms with Crippen molar-refractivity contribution in [3.63, 3.8) is 0 Å². The van der Waals surface area contributed by atoms with Gasteiger partial charge in [0.2, 0.25) is 15.9 Å². The molecule has 0 aromatic heterocycles. The summed E-state index contributed by atoms with van der Waals surface area (Å²) in [6.45, 7) is 6.09. The Morgan fingerprint density at radius 2 is 1.61 bits per heavy atom. The van der Waals surface area contributed by atoms with Crippen LogP contribution in [-0.2, 0) is 14.8 Å². The van der Waals surface area contributed by atoms with E-state index in [0.717, 1.165) is 25.7 Å². The molecule has 8 heteroatoms. The van der Waals surface area contributed by atoms with Gasteiger partial charge in [-0.1, -0.05) is 46.1 Å². The molecule has 0 aliphatic carbocycles. The Bertz CT molecular complexity index is 986. The number of carbonyl (C=O) groups is 2. The van der Waals surface area contributed by atoms with Crippen molar-refractivity contribution in [3.05, 3.63) is 54.1 Å². The van der Waals surface area contributed by atoms with Crippen LogP contribution in [-0.4, -0.2) is 26.8 Å². The molecule has 2 aromatic rings. The quantitative estimate of drug-likeness (QED) is 0.446. The Labute approximate surface area is 184 Å². The summed E-state index contributed by atoms with van der Waals surface area (Å²) in [4.78, 5) is 24.5. The molecule has 0 radical (unpaired) electrons. The maximum Gasteiger partial charge on any atom is 0.255 e. The van der Waals surface area contributed by atoms with E-state index in [9.17, 15) is 18.0 Å². The minimum absolute atomic E-state index is 0.131. The molecule has 0 aliphatic heterocycles. The number of carbonyl (C=O) groups excluding carboxylic acids is 2. The molecule has 0 aliphatic rings. The fourth-order valence-corrected chi connectivity index (χ4v) is 3.86. The third kappa shape index (κ3) is 7.80. The van der Waals surface area contributed by atoms with Gasteiger partial charge in [0.1, 0.15) is 0 Å². The first-order valence-corrected chi connectivity index (χ1v) is 12.0. The van der Waals surface area contributed by atoms with E-state index in [0.29, 0.717) is 23.5 Å². The normalized spacial score (nSPS) is 11.4. The molecule has 0 saturated carbocycles. The summed E-state index contributed by atoms with van der Waals surface area (Å²) in [5, 5.41) is 5.50. The van der Waals surface area contributed by atoms with Gasteiger partial charge in [0, 0.05) is 29.4 Å². The van der Waals surface area contributed by atoms with E-state index < -0.39 is 10.0 Å². The molecule has 2 amide bonds. The first kappa shape index (κ1) is 24.6. The number of sulfonamides is 1. The minimum Gasteiger partial charge on any atom is -0.326 e. The summed E-state index contributed by atoms with van der Waals surface area (Å²) in [6.07, 6.45) is 3.98. The molecule has 2 aromatic carbocycles. The highest BCUT2D eigenvalue weighted by Crippen LogP contribution is 2.17. The van der Waals surface area contributed by atoms with E-state index in [2.05, 4.69) is 22.3 Å². The van der Waals surface area contributed by atoms with Crippen LogP contribution in [0.3, 0.4) is 0 Å². The summed E-state index contributed by atoms with van der Waals surface area (Å²) >= 11 is 0. The number of unbranched alkanes of at least 4 members (excludes halogenated alkanes) is 3. The molecule has 3 N–H and O–H groups in total. The molecule has 7 nitrogen and oxygen atoms in total. The van der Waals surface area contributed by atoms with E-state index in [1.165, 1.54) is 12.1 Å². The van der Waals surface area contributed by atoms with Crippen molar-refractivity contribution in [2.45, 2.75) is 51.3 Å². The predicted octanol–water partition coefficient (Wildman–Crippen LogP) is 4.39. The maximum atomic E-state index is 12.5. The van der Waals surface area contributed by atoms with Crippen LogP contribution >= 0.6 is 0 Å². The third-order valence-electron chi connectivity index (χ3n) is 4.66. The fourth-order valence-electron chi connectivity index (χ4n) is 2.79. The lowest BCUT2D eigenvalue weighted by atomic mass is 10.1. The van der Waals surface area contributed by atoms with Crippen LogP contribution in [0.15, 0.2) is 53.4 Å². The zero-order valence-corrected chi connectivity index (χ0v) is 19.1. The highest BCUT2D eigenvalue weighted by molar-refractivity contribution is 7.89. The maximum absolute atomic E-state index is 12.5. The smallest absolute Gasteiger partial charge is 0.255 e. The molecule has 0 atom stereocenters. The standard InChI is InChI=1S/C23H31N3O4S/c1-4-5-6-7-15-24-31(29,30)21-13-11-19(12-14-21)25-23(28)18-9-8-10-20(16-18)26-22(27)17(2)3/h8-14,16-17,24H,4-7,15H2,1-3H3,(H,25,28)(H,26,27). The van der Waals surface area contributed by atoms with E-state index in [4.69, 9.17) is 0 Å². The van der Waals surface area contributed by atoms with Crippen molar-refractivity contribution in [3.8, 4) is 0 Å². The average Bonchev–Trinajstić information content (AvgIpc) is 2.74. The van der Waals surface area contributed by atoms with Crippen molar-refractivity contribution >= 4 is 33.2 Å². The van der Waals surface area contributed by atoms with Gasteiger partial charge in [0.25, 0.3) is 5.91 Å². The second-order valence-corrected chi connectivity index (χ2v) is 9.43. The second-order valence-electron chi connectivity index (χ2n) is 7.66. The summed E-state index contributed by atoms with van der Waals surface area (Å²) in [5.41, 5.74) is 1.40. The SMILES string of the molecule is CCCCCCNS(=O)(=O)c1ccc(NC(=O)c2cccc(NC(=O)C(C)C)c2)cc1. The first-order valence-electron chi connectivity index (χ1n) is 10.5. The summed E-state index contributed by atoms with van der Waals surface area (Å²) < 4.78 is 27.3. The molecule has 0 heterocycles. The van der Waals surface area contributed by atoms with Crippen LogP contribution in [0.25, 0.3) is 0 Å². The first-order chi connectivity index (χ1) is 14.7. The fraction of sp³-hybridized carbons (Fsp3) is 0.391. The van der Waals surface area contributed by atoms with Crippen LogP contribution in [0.1, 0.15) is 56.8 Å². The Morgan fingerprint density at radius 3 is 2.26 bits per heavy atom. The molecule has 31 heavy (non-hydrogen) atoms. The van der Waals surface area contributed by atoms with Crippen LogP contribution in [0.4, 0.5) is 11.4 Å². The number of rotatable bonds is 11. The van der Waals surface area contributed by atoms with Crippen LogP contribution in [0, 0.1) is 5.92 Å². The summed E-state index contributed by atoms with van der Waals surface area (Å²) in [6, 6.07) is 12.7. The number of amides is 2. The van der Waals surface area contributed by atoms with Gasteiger partial charge in [-0.2, -0.15) is 0 Å². The van der Waals surface area contributed by atoms with Crippen LogP contribution in [0.2, 0.25) is 0 Å². The van der Waals surface area contributed by atoms with E-state index in [1.807, 2.05) is 0 Å². The molecule has 0 bridgehead atoms. The average molecular weight is 446 g/mol. The van der Waals surface area contributed by atoms with E-state index in [-0.39, 0.29) is 22.6 Å². The van der Waals surface area contributed by atoms with Gasteiger partial charge < -0.3 is 10.6 Å². The lowest BCUT2D eigenvalue weighted by Gasteiger charge is -2.10. The van der Waals surface area contributed by atoms with E-state index >= 15 is 0 Å². The highest BCUT2D eigenvalue weighted by atomic mass is 32.2. The molecule has 0 saturated heterocycles. The molecular weight excluding hydrogens is 414 g/mol. The van der Waals surface area contributed by atoms with Gasteiger partial charge in [0.15, 0.2) is 0 Å². The Morgan fingerprint density at radius 1 is 0.903 bits per heavy atom. The summed E-state index contributed by atoms with van der Waals surface area (Å²) in [5.74, 6) is -0.656. The molecule has 0 fully saturated rings. The molecule has 168 valence electrons. The number of hydrogen-bond acceptors (Lipinski definition) is 4. The second kappa shape index (κ2) is 11.6. The van der Waals surface area contributed by atoms with Gasteiger partial charge >= 0.3 is 0 Å². The lowest BCUT2D eigenvalue weighted by Crippen LogP contribution is -2.24. The molecule has 2 rings (SSSR count). The van der Waals surface area contributed by atoms with Crippen molar-refractivity contribution in [1.29, 1.82) is 0 Å². The van der Waals surface area contributed by atoms with Crippen molar-refractivity contribution in [1.82, 2.24) is 4.72 Å². The zero-order valence-electron chi connectivity index (χ0n) is 18.3. The number of hydrogen-bond donors (Lipinski definition) is 3. The number of nitrogens with one attached hydrogen (secondary N) is 3. The van der Waals surface area contributed by atoms with Crippen molar-refractivity contribution < 1.29 is 18.0 Å². The van der Waals surface area contributed by atoms with Crippen molar-refractivity contribution in [2.24, 2.45) is 5.92 Å². The zero-order chi connectivity index (χ0) is 22.9. The Kier molecular flexibility index (Phi) is 9.21. The number of anilines is 2. The summed E-state index contributed by atoms with van der Waals surface area (Å²) in [7, 11) is -3.57. The Hall–Kier alpha value is -2.71. The van der Waals surface area contributed by atoms with E-state index in [1.54, 1.807) is 50.2 Å². The van der Waals surface area contributed by atoms with Crippen LogP contribution in [0.5, 0.6) is 0 Å². The Balaban J connectivity index is 1.98. The van der Waals surface area contributed by atoms with Gasteiger partial charge in [0.05, 0.1) is 4.90 Å². The third-order valence-corrected chi connectivity index (χ3v) is 6.14. The molecular formula is C23H31N3O4S. The predicted molar refractivity (Wildman–Crippen MR) is 124 cm³/mol. The largest absolute Gasteiger partial charge is 0.326 e. The van der Waals surface area contributed by atoms with Gasteiger partial charge in [-0.05, 0) is 48.9 Å². The van der Waals surface area contributed by atoms with Gasteiger partial charge in [-0.3, -0.25) is 9.59 Å². The van der Waals surface area contributed by atoms with Crippen LogP contribution < -0.4 is 15.4 Å². The number of benzene rings is 2. The van der Waals surface area contributed by atoms with Crippen molar-refractivity contribution in [2.75, 3.05) is 17.2 Å². The van der Waals surface area contributed by atoms with Gasteiger partial charge in [-0.25, -0.2) is 13.1 Å². The molecule has 0 unspecified atom stereocenters. The topological polar surface area (TPSA) is 104 Å². The monoisotopic (exact) mass is 445 g/mol. The molecule has 0 spiro atoms.